The second-order valence-corrected chi connectivity index (χ2v) is 6.79. The highest BCUT2D eigenvalue weighted by Gasteiger charge is 2.21. The van der Waals surface area contributed by atoms with E-state index in [4.69, 9.17) is 10.9 Å². The van der Waals surface area contributed by atoms with Crippen molar-refractivity contribution < 1.29 is 27.0 Å². The summed E-state index contributed by atoms with van der Waals surface area (Å²) in [6.45, 7) is 1.93. The normalized spacial score (nSPS) is 10.4. The van der Waals surface area contributed by atoms with E-state index in [1.54, 1.807) is 11.6 Å². The number of benzene rings is 3. The highest BCUT2D eigenvalue weighted by atomic mass is 19.5. The molecule has 0 bridgehead atoms. The molecule has 8 heteroatoms. The largest absolute Gasteiger partial charge is 0.673 e. The van der Waals surface area contributed by atoms with Gasteiger partial charge in [-0.25, -0.2) is 5.84 Å². The van der Waals surface area contributed by atoms with Crippen LogP contribution in [0.15, 0.2) is 103 Å². The van der Waals surface area contributed by atoms with Crippen LogP contribution >= 0.6 is 0 Å². The minimum atomic E-state index is -6.00. The first-order valence-electron chi connectivity index (χ1n) is 10.2. The molecule has 3 aromatic carbocycles. The maximum Gasteiger partial charge on any atom is 0.673 e. The number of hydrogen-bond donors (Lipinski definition) is 2. The Balaban J connectivity index is 0.000000420. The van der Waals surface area contributed by atoms with Crippen molar-refractivity contribution in [3.05, 3.63) is 103 Å². The van der Waals surface area contributed by atoms with Crippen LogP contribution in [-0.2, 0) is 0 Å². The van der Waals surface area contributed by atoms with E-state index in [-0.39, 0.29) is 6.61 Å². The molecule has 0 aliphatic heterocycles. The summed E-state index contributed by atoms with van der Waals surface area (Å²) in [5.41, 5.74) is 6.50. The summed E-state index contributed by atoms with van der Waals surface area (Å²) in [6, 6.07) is 35.2. The van der Waals surface area contributed by atoms with E-state index in [9.17, 15) is 17.3 Å². The van der Waals surface area contributed by atoms with E-state index >= 15 is 0 Å². The molecule has 33 heavy (non-hydrogen) atoms. The summed E-state index contributed by atoms with van der Waals surface area (Å²) in [5, 5.41) is 7.57. The van der Waals surface area contributed by atoms with Crippen LogP contribution in [0.5, 0.6) is 0 Å². The highest BCUT2D eigenvalue weighted by Crippen LogP contribution is 2.28. The first-order valence-corrected chi connectivity index (χ1v) is 10.2. The zero-order valence-corrected chi connectivity index (χ0v) is 18.1. The van der Waals surface area contributed by atoms with Crippen molar-refractivity contribution >= 4 is 7.25 Å². The maximum absolute atomic E-state index is 9.75. The van der Waals surface area contributed by atoms with Crippen LogP contribution in [0, 0.1) is 0 Å². The van der Waals surface area contributed by atoms with Gasteiger partial charge in [-0.15, -0.1) is 0 Å². The summed E-state index contributed by atoms with van der Waals surface area (Å²) in [4.78, 5) is 0. The molecule has 0 unspecified atom stereocenters. The topological polar surface area (TPSA) is 50.1 Å². The van der Waals surface area contributed by atoms with E-state index in [0.717, 1.165) is 28.1 Å². The van der Waals surface area contributed by atoms with Crippen molar-refractivity contribution in [3.8, 4) is 33.6 Å². The number of nitrogens with two attached hydrogens (primary N) is 1. The molecule has 4 aromatic rings. The standard InChI is InChI=1S/C23H19N2.C2H6O.BF4/c24-25-22(19-12-6-2-7-13-19)16-21(18-10-4-1-5-11-18)17-23(25)20-14-8-3-9-15-20;1-2-3;2-1(3,4)5/h1-17H,24H2;3H,2H2,1H3;/q+1;;-1. The number of pyridine rings is 1. The Morgan fingerprint density at radius 1 is 0.636 bits per heavy atom. The predicted molar refractivity (Wildman–Crippen MR) is 126 cm³/mol. The van der Waals surface area contributed by atoms with Gasteiger partial charge >= 0.3 is 7.25 Å². The van der Waals surface area contributed by atoms with Gasteiger partial charge < -0.3 is 22.4 Å². The lowest BCUT2D eigenvalue weighted by Crippen LogP contribution is -2.48. The van der Waals surface area contributed by atoms with E-state index < -0.39 is 7.25 Å². The van der Waals surface area contributed by atoms with Crippen LogP contribution in [0.4, 0.5) is 17.3 Å². The van der Waals surface area contributed by atoms with Gasteiger partial charge in [-0.2, -0.15) is 0 Å². The summed E-state index contributed by atoms with van der Waals surface area (Å²) in [5.74, 6) is 6.51. The Morgan fingerprint density at radius 2 is 0.909 bits per heavy atom. The van der Waals surface area contributed by atoms with Crippen LogP contribution in [0.25, 0.3) is 33.6 Å². The van der Waals surface area contributed by atoms with Gasteiger partial charge in [0.15, 0.2) is 0 Å². The second kappa shape index (κ2) is 12.4. The first kappa shape index (κ1) is 25.6. The molecule has 172 valence electrons. The minimum Gasteiger partial charge on any atom is -0.418 e. The highest BCUT2D eigenvalue weighted by molar-refractivity contribution is 6.50. The van der Waals surface area contributed by atoms with Gasteiger partial charge in [0.2, 0.25) is 11.4 Å². The van der Waals surface area contributed by atoms with E-state index in [1.165, 1.54) is 5.56 Å². The average Bonchev–Trinajstić information content (AvgIpc) is 2.80. The van der Waals surface area contributed by atoms with Crippen molar-refractivity contribution in [2.24, 2.45) is 0 Å². The molecule has 3 nitrogen and oxygen atoms in total. The first-order chi connectivity index (χ1) is 15.7. The number of rotatable bonds is 3. The molecule has 0 aliphatic carbocycles. The second-order valence-electron chi connectivity index (χ2n) is 6.79. The summed E-state index contributed by atoms with van der Waals surface area (Å²) in [6.07, 6.45) is 0. The smallest absolute Gasteiger partial charge is 0.418 e. The zero-order chi connectivity index (χ0) is 24.3. The van der Waals surface area contributed by atoms with Gasteiger partial charge in [-0.05, 0) is 42.3 Å². The van der Waals surface area contributed by atoms with E-state index in [0.29, 0.717) is 0 Å². The Hall–Kier alpha value is -3.65. The number of hydrogen-bond acceptors (Lipinski definition) is 2. The summed E-state index contributed by atoms with van der Waals surface area (Å²) < 4.78 is 40.8. The lowest BCUT2D eigenvalue weighted by molar-refractivity contribution is -0.615. The molecular weight excluding hydrogens is 431 g/mol. The van der Waals surface area contributed by atoms with Gasteiger partial charge in [0.25, 0.3) is 0 Å². The molecule has 0 fully saturated rings. The SMILES string of the molecule is CCO.F[B-](F)(F)F.N[n+]1c(-c2ccccc2)cc(-c2ccccc2)cc1-c1ccccc1. The number of aliphatic hydroxyl groups excluding tert-OH is 1. The van der Waals surface area contributed by atoms with E-state index in [2.05, 4.69) is 60.7 Å². The molecule has 3 N–H and O–H groups in total. The number of halogens is 4. The van der Waals surface area contributed by atoms with Gasteiger partial charge in [0, 0.05) is 29.9 Å². The Bertz CT molecular complexity index is 1040. The van der Waals surface area contributed by atoms with Crippen molar-refractivity contribution in [2.45, 2.75) is 6.92 Å². The van der Waals surface area contributed by atoms with Crippen molar-refractivity contribution in [1.82, 2.24) is 0 Å². The molecular formula is C25H25BF4N2O. The van der Waals surface area contributed by atoms with E-state index in [1.807, 2.05) is 42.5 Å². The van der Waals surface area contributed by atoms with Crippen LogP contribution in [-0.4, -0.2) is 19.0 Å². The molecule has 0 saturated carbocycles. The fraction of sp³-hybridized carbons (Fsp3) is 0.0800. The van der Waals surface area contributed by atoms with Crippen molar-refractivity contribution in [2.75, 3.05) is 12.4 Å². The Kier molecular flexibility index (Phi) is 9.63. The molecule has 0 atom stereocenters. The number of aliphatic hydroxyl groups is 1. The van der Waals surface area contributed by atoms with Gasteiger partial charge in [0.1, 0.15) is 0 Å². The lowest BCUT2D eigenvalue weighted by atomic mass is 10.00. The van der Waals surface area contributed by atoms with Gasteiger partial charge in [-0.3, -0.25) is 0 Å². The van der Waals surface area contributed by atoms with Crippen LogP contribution in [0.1, 0.15) is 6.92 Å². The molecule has 1 heterocycles. The fourth-order valence-corrected chi connectivity index (χ4v) is 3.07. The third-order valence-corrected chi connectivity index (χ3v) is 4.35. The molecule has 0 radical (unpaired) electrons. The van der Waals surface area contributed by atoms with Crippen LogP contribution in [0.3, 0.4) is 0 Å². The average molecular weight is 456 g/mol. The maximum atomic E-state index is 9.75. The monoisotopic (exact) mass is 456 g/mol. The molecule has 1 aromatic heterocycles. The van der Waals surface area contributed by atoms with Crippen molar-refractivity contribution in [3.63, 3.8) is 0 Å². The molecule has 4 rings (SSSR count). The summed E-state index contributed by atoms with van der Waals surface area (Å²) in [7, 11) is -6.00. The van der Waals surface area contributed by atoms with Gasteiger partial charge in [0.05, 0.1) is 0 Å². The number of nitrogens with zero attached hydrogens (tertiary/aromatic N) is 1. The molecule has 0 spiro atoms. The summed E-state index contributed by atoms with van der Waals surface area (Å²) >= 11 is 0. The fourth-order valence-electron chi connectivity index (χ4n) is 3.07. The van der Waals surface area contributed by atoms with Gasteiger partial charge in [-0.1, -0.05) is 71.4 Å². The van der Waals surface area contributed by atoms with Crippen LogP contribution < -0.4 is 10.5 Å². The third-order valence-electron chi connectivity index (χ3n) is 4.35. The van der Waals surface area contributed by atoms with Crippen molar-refractivity contribution in [1.29, 1.82) is 0 Å². The molecule has 0 aliphatic rings. The molecule has 0 saturated heterocycles. The third kappa shape index (κ3) is 8.42. The zero-order valence-electron chi connectivity index (χ0n) is 18.1. The minimum absolute atomic E-state index is 0.250. The lowest BCUT2D eigenvalue weighted by Gasteiger charge is -2.08. The quantitative estimate of drug-likeness (QED) is 0.172. The molecule has 0 amide bonds. The Morgan fingerprint density at radius 3 is 1.21 bits per heavy atom. The van der Waals surface area contributed by atoms with Crippen LogP contribution in [0.2, 0.25) is 0 Å². The number of nitrogen functional groups attached to an aromatic ring is 1. The predicted octanol–water partition coefficient (Wildman–Crippen LogP) is 5.99. The Labute approximate surface area is 190 Å². The number of aromatic nitrogens is 1.